The molecule has 2 aromatic rings. The number of nitrogens with one attached hydrogen (secondary N) is 2. The predicted octanol–water partition coefficient (Wildman–Crippen LogP) is 4.51. The highest BCUT2D eigenvalue weighted by Crippen LogP contribution is 2.55. The Morgan fingerprint density at radius 2 is 1.80 bits per heavy atom. The number of esters is 1. The van der Waals surface area contributed by atoms with Gasteiger partial charge in [0.1, 0.15) is 0 Å². The van der Waals surface area contributed by atoms with Crippen LogP contribution in [0.15, 0.2) is 30.5 Å². The summed E-state index contributed by atoms with van der Waals surface area (Å²) in [5.41, 5.74) is 2.29. The molecule has 4 fully saturated rings. The van der Waals surface area contributed by atoms with Crippen LogP contribution in [-0.4, -0.2) is 28.5 Å². The Hall–Kier alpha value is -2.30. The number of hydrogen-bond acceptors (Lipinski definition) is 3. The lowest BCUT2D eigenvalue weighted by Gasteiger charge is -2.57. The minimum atomic E-state index is -0.724. The Labute approximate surface area is 177 Å². The van der Waals surface area contributed by atoms with Gasteiger partial charge in [0.25, 0.3) is 5.91 Å². The van der Waals surface area contributed by atoms with Gasteiger partial charge < -0.3 is 15.0 Å². The topological polar surface area (TPSA) is 71.2 Å². The van der Waals surface area contributed by atoms with Crippen LogP contribution in [-0.2, 0) is 20.7 Å². The van der Waals surface area contributed by atoms with Crippen LogP contribution in [0.25, 0.3) is 10.9 Å². The molecule has 30 heavy (non-hydrogen) atoms. The monoisotopic (exact) mass is 408 g/mol. The number of fused-ring (bicyclic) bond motifs is 1. The molecule has 4 saturated carbocycles. The van der Waals surface area contributed by atoms with E-state index in [1.165, 1.54) is 30.2 Å². The second kappa shape index (κ2) is 7.75. The Kier molecular flexibility index (Phi) is 5.08. The van der Waals surface area contributed by atoms with Crippen LogP contribution in [0.4, 0.5) is 0 Å². The molecule has 1 aromatic heterocycles. The Balaban J connectivity index is 1.10. The number of carbonyl (C=O) groups excluding carboxylic acids is 2. The highest BCUT2D eigenvalue weighted by molar-refractivity contribution is 5.84. The average Bonchev–Trinajstić information content (AvgIpc) is 3.10. The molecule has 1 amide bonds. The van der Waals surface area contributed by atoms with E-state index >= 15 is 0 Å². The normalized spacial score (nSPS) is 30.4. The number of H-pyrrole nitrogens is 1. The smallest absolute Gasteiger partial charge is 0.306 e. The molecule has 6 rings (SSSR count). The van der Waals surface area contributed by atoms with E-state index in [0.29, 0.717) is 12.8 Å². The summed E-state index contributed by atoms with van der Waals surface area (Å²) in [6.07, 6.45) is 10.5. The van der Waals surface area contributed by atoms with Crippen molar-refractivity contribution < 1.29 is 14.3 Å². The van der Waals surface area contributed by atoms with Gasteiger partial charge in [0.2, 0.25) is 0 Å². The largest absolute Gasteiger partial charge is 0.453 e. The Morgan fingerprint density at radius 1 is 1.13 bits per heavy atom. The minimum Gasteiger partial charge on any atom is -0.453 e. The van der Waals surface area contributed by atoms with Crippen LogP contribution >= 0.6 is 0 Å². The zero-order valence-electron chi connectivity index (χ0n) is 17.8. The number of amides is 1. The molecule has 1 heterocycles. The van der Waals surface area contributed by atoms with Crippen LogP contribution in [0.1, 0.15) is 63.9 Å². The highest BCUT2D eigenvalue weighted by atomic mass is 16.5. The van der Waals surface area contributed by atoms with E-state index in [1.807, 2.05) is 18.3 Å². The van der Waals surface area contributed by atoms with E-state index < -0.39 is 6.10 Å². The van der Waals surface area contributed by atoms with Crippen molar-refractivity contribution in [2.24, 2.45) is 17.8 Å². The molecule has 1 atom stereocenters. The maximum atomic E-state index is 12.8. The van der Waals surface area contributed by atoms with E-state index in [2.05, 4.69) is 22.4 Å². The van der Waals surface area contributed by atoms with Gasteiger partial charge in [-0.25, -0.2) is 0 Å². The molecular weight excluding hydrogens is 376 g/mol. The highest BCUT2D eigenvalue weighted by Gasteiger charge is 2.51. The van der Waals surface area contributed by atoms with Crippen molar-refractivity contribution in [1.82, 2.24) is 10.3 Å². The summed E-state index contributed by atoms with van der Waals surface area (Å²) in [7, 11) is 0. The van der Waals surface area contributed by atoms with Crippen molar-refractivity contribution >= 4 is 22.8 Å². The first-order valence-electron chi connectivity index (χ1n) is 11.6. The van der Waals surface area contributed by atoms with Crippen LogP contribution in [0.2, 0.25) is 0 Å². The van der Waals surface area contributed by atoms with Gasteiger partial charge in [0.05, 0.1) is 0 Å². The zero-order valence-corrected chi connectivity index (χ0v) is 17.8. The molecule has 5 heteroatoms. The second-order valence-corrected chi connectivity index (χ2v) is 10.0. The standard InChI is InChI=1S/C25H32N2O3/c1-16(24(29)27-25-12-17-9-18(13-25)11-19(10-17)14-25)30-23(28)8-4-5-20-15-26-22-7-3-2-6-21(20)22/h2-3,6-7,15-19,26H,4-5,8-14H2,1H3,(H,27,29)/t16-,17?,18?,19?,25?/m1/s1. The van der Waals surface area contributed by atoms with Gasteiger partial charge in [0.15, 0.2) is 6.10 Å². The van der Waals surface area contributed by atoms with E-state index in [1.54, 1.807) is 6.92 Å². The quantitative estimate of drug-likeness (QED) is 0.662. The second-order valence-electron chi connectivity index (χ2n) is 10.0. The molecule has 0 aliphatic heterocycles. The molecular formula is C25H32N2O3. The number of aromatic nitrogens is 1. The number of aromatic amines is 1. The van der Waals surface area contributed by atoms with Gasteiger partial charge in [-0.1, -0.05) is 18.2 Å². The molecule has 160 valence electrons. The van der Waals surface area contributed by atoms with Crippen molar-refractivity contribution in [1.29, 1.82) is 0 Å². The van der Waals surface area contributed by atoms with Crippen molar-refractivity contribution in [2.45, 2.75) is 76.4 Å². The van der Waals surface area contributed by atoms with Gasteiger partial charge >= 0.3 is 5.97 Å². The number of benzene rings is 1. The van der Waals surface area contributed by atoms with E-state index in [-0.39, 0.29) is 17.4 Å². The molecule has 5 nitrogen and oxygen atoms in total. The lowest BCUT2D eigenvalue weighted by molar-refractivity contribution is -0.156. The first-order valence-corrected chi connectivity index (χ1v) is 11.6. The maximum Gasteiger partial charge on any atom is 0.306 e. The van der Waals surface area contributed by atoms with Crippen LogP contribution < -0.4 is 5.32 Å². The molecule has 4 aliphatic rings. The lowest BCUT2D eigenvalue weighted by atomic mass is 9.53. The number of ether oxygens (including phenoxy) is 1. The summed E-state index contributed by atoms with van der Waals surface area (Å²) in [5, 5.41) is 4.51. The summed E-state index contributed by atoms with van der Waals surface area (Å²) >= 11 is 0. The fraction of sp³-hybridized carbons (Fsp3) is 0.600. The summed E-state index contributed by atoms with van der Waals surface area (Å²) in [6, 6.07) is 8.18. The van der Waals surface area contributed by atoms with Crippen LogP contribution in [0, 0.1) is 17.8 Å². The van der Waals surface area contributed by atoms with E-state index in [4.69, 9.17) is 4.74 Å². The molecule has 2 N–H and O–H groups in total. The molecule has 4 bridgehead atoms. The van der Waals surface area contributed by atoms with Gasteiger partial charge in [-0.05, 0) is 87.7 Å². The zero-order chi connectivity index (χ0) is 20.7. The number of para-hydroxylation sites is 1. The molecule has 0 radical (unpaired) electrons. The van der Waals surface area contributed by atoms with Gasteiger partial charge in [-0.2, -0.15) is 0 Å². The van der Waals surface area contributed by atoms with Crippen LogP contribution in [0.5, 0.6) is 0 Å². The van der Waals surface area contributed by atoms with E-state index in [0.717, 1.165) is 49.0 Å². The summed E-state index contributed by atoms with van der Waals surface area (Å²) < 4.78 is 5.47. The molecule has 0 saturated heterocycles. The van der Waals surface area contributed by atoms with Crippen molar-refractivity contribution in [3.8, 4) is 0 Å². The van der Waals surface area contributed by atoms with Crippen molar-refractivity contribution in [3.63, 3.8) is 0 Å². The predicted molar refractivity (Wildman–Crippen MR) is 116 cm³/mol. The summed E-state index contributed by atoms with van der Waals surface area (Å²) in [4.78, 5) is 28.3. The molecule has 0 unspecified atom stereocenters. The lowest BCUT2D eigenvalue weighted by Crippen LogP contribution is -2.61. The Bertz CT molecular complexity index is 911. The SMILES string of the molecule is C[C@@H](OC(=O)CCCc1c[nH]c2ccccc12)C(=O)NC12CC3CC(CC(C3)C1)C2. The van der Waals surface area contributed by atoms with Gasteiger partial charge in [-0.3, -0.25) is 9.59 Å². The maximum absolute atomic E-state index is 12.8. The molecule has 0 spiro atoms. The fourth-order valence-corrected chi connectivity index (χ4v) is 6.70. The van der Waals surface area contributed by atoms with Crippen molar-refractivity contribution in [2.75, 3.05) is 0 Å². The number of rotatable bonds is 7. The van der Waals surface area contributed by atoms with Crippen molar-refractivity contribution in [3.05, 3.63) is 36.0 Å². The third-order valence-corrected chi connectivity index (χ3v) is 7.61. The number of carbonyl (C=O) groups is 2. The number of hydrogen-bond donors (Lipinski definition) is 2. The molecule has 1 aromatic carbocycles. The fourth-order valence-electron chi connectivity index (χ4n) is 6.70. The van der Waals surface area contributed by atoms with Gasteiger partial charge in [0, 0.05) is 29.1 Å². The first kappa shape index (κ1) is 19.7. The Morgan fingerprint density at radius 3 is 2.50 bits per heavy atom. The van der Waals surface area contributed by atoms with Crippen LogP contribution in [0.3, 0.4) is 0 Å². The third kappa shape index (κ3) is 3.86. The minimum absolute atomic E-state index is 0.0398. The number of aryl methyl sites for hydroxylation is 1. The van der Waals surface area contributed by atoms with Gasteiger partial charge in [-0.15, -0.1) is 0 Å². The van der Waals surface area contributed by atoms with E-state index in [9.17, 15) is 9.59 Å². The average molecular weight is 409 g/mol. The summed E-state index contributed by atoms with van der Waals surface area (Å²) in [5.74, 6) is 1.92. The molecule has 4 aliphatic carbocycles. The summed E-state index contributed by atoms with van der Waals surface area (Å²) in [6.45, 7) is 1.70. The first-order chi connectivity index (χ1) is 14.5. The third-order valence-electron chi connectivity index (χ3n) is 7.61.